The highest BCUT2D eigenvalue weighted by atomic mass is 32.2. The molecule has 0 aromatic carbocycles. The van der Waals surface area contributed by atoms with Crippen LogP contribution < -0.4 is 0 Å². The van der Waals surface area contributed by atoms with Gasteiger partial charge in [0.2, 0.25) is 0 Å². The third-order valence-electron chi connectivity index (χ3n) is 1.98. The van der Waals surface area contributed by atoms with Crippen LogP contribution in [0.25, 0.3) is 0 Å². The Morgan fingerprint density at radius 2 is 2.23 bits per heavy atom. The number of methoxy groups -OCH3 is 1. The molecule has 0 bridgehead atoms. The predicted molar refractivity (Wildman–Crippen MR) is 48.5 cm³/mol. The molecule has 0 amide bonds. The molecule has 1 aliphatic rings. The SMILES string of the molecule is COC1=CCC(C)C(S(=O)(=O)O)=C1. The first-order valence-electron chi connectivity index (χ1n) is 3.88. The fraction of sp³-hybridized carbons (Fsp3) is 0.500. The molecule has 0 spiro atoms. The van der Waals surface area contributed by atoms with E-state index >= 15 is 0 Å². The fourth-order valence-corrected chi connectivity index (χ4v) is 2.09. The van der Waals surface area contributed by atoms with Gasteiger partial charge in [-0.25, -0.2) is 0 Å². The Morgan fingerprint density at radius 3 is 2.69 bits per heavy atom. The van der Waals surface area contributed by atoms with Crippen molar-refractivity contribution in [2.45, 2.75) is 13.3 Å². The van der Waals surface area contributed by atoms with Crippen LogP contribution in [-0.4, -0.2) is 20.1 Å². The molecule has 1 aliphatic carbocycles. The maximum Gasteiger partial charge on any atom is 0.291 e. The summed E-state index contributed by atoms with van der Waals surface area (Å²) in [4.78, 5) is 0.0202. The van der Waals surface area contributed by atoms with Crippen LogP contribution in [0.4, 0.5) is 0 Å². The van der Waals surface area contributed by atoms with Crippen molar-refractivity contribution >= 4 is 10.1 Å². The van der Waals surface area contributed by atoms with E-state index in [2.05, 4.69) is 0 Å². The first-order chi connectivity index (χ1) is 5.95. The maximum atomic E-state index is 10.9. The van der Waals surface area contributed by atoms with Crippen molar-refractivity contribution in [1.29, 1.82) is 0 Å². The van der Waals surface area contributed by atoms with Crippen molar-refractivity contribution in [3.63, 3.8) is 0 Å². The van der Waals surface area contributed by atoms with Crippen molar-refractivity contribution in [3.8, 4) is 0 Å². The van der Waals surface area contributed by atoms with E-state index < -0.39 is 10.1 Å². The second-order valence-corrected chi connectivity index (χ2v) is 4.39. The van der Waals surface area contributed by atoms with Crippen LogP contribution in [0.1, 0.15) is 13.3 Å². The highest BCUT2D eigenvalue weighted by molar-refractivity contribution is 7.89. The Bertz CT molecular complexity index is 350. The molecule has 0 saturated heterocycles. The van der Waals surface area contributed by atoms with Gasteiger partial charge in [0, 0.05) is 0 Å². The van der Waals surface area contributed by atoms with Gasteiger partial charge >= 0.3 is 0 Å². The van der Waals surface area contributed by atoms with Gasteiger partial charge in [-0.2, -0.15) is 8.42 Å². The molecule has 74 valence electrons. The first-order valence-corrected chi connectivity index (χ1v) is 5.32. The second-order valence-electron chi connectivity index (χ2n) is 2.97. The van der Waals surface area contributed by atoms with Gasteiger partial charge < -0.3 is 4.74 Å². The number of allylic oxidation sites excluding steroid dienone is 3. The minimum atomic E-state index is -4.08. The van der Waals surface area contributed by atoms with Crippen molar-refractivity contribution in [3.05, 3.63) is 22.8 Å². The fourth-order valence-electron chi connectivity index (χ4n) is 1.22. The molecule has 1 N–H and O–H groups in total. The Kier molecular flexibility index (Phi) is 2.77. The van der Waals surface area contributed by atoms with Crippen molar-refractivity contribution in [2.75, 3.05) is 7.11 Å². The molecule has 0 saturated carbocycles. The monoisotopic (exact) mass is 204 g/mol. The van der Waals surface area contributed by atoms with E-state index in [9.17, 15) is 8.42 Å². The standard InChI is InChI=1S/C8H12O4S/c1-6-3-4-7(12-2)5-8(6)13(9,10)11/h4-6H,3H2,1-2H3,(H,9,10,11). The summed E-state index contributed by atoms with van der Waals surface area (Å²) < 4.78 is 35.4. The van der Waals surface area contributed by atoms with Gasteiger partial charge in [-0.05, 0) is 24.5 Å². The lowest BCUT2D eigenvalue weighted by Gasteiger charge is -2.16. The van der Waals surface area contributed by atoms with E-state index in [0.717, 1.165) is 0 Å². The molecule has 0 radical (unpaired) electrons. The van der Waals surface area contributed by atoms with E-state index in [1.165, 1.54) is 13.2 Å². The minimum absolute atomic E-state index is 0.0202. The largest absolute Gasteiger partial charge is 0.497 e. The summed E-state index contributed by atoms with van der Waals surface area (Å²) in [6.07, 6.45) is 3.71. The predicted octanol–water partition coefficient (Wildman–Crippen LogP) is 1.33. The summed E-state index contributed by atoms with van der Waals surface area (Å²) in [5.41, 5.74) is 0. The first kappa shape index (κ1) is 10.3. The summed E-state index contributed by atoms with van der Waals surface area (Å²) in [6.45, 7) is 1.74. The van der Waals surface area contributed by atoms with E-state index in [1.807, 2.05) is 0 Å². The van der Waals surface area contributed by atoms with Gasteiger partial charge in [0.1, 0.15) is 5.76 Å². The zero-order valence-corrected chi connectivity index (χ0v) is 8.34. The lowest BCUT2D eigenvalue weighted by Crippen LogP contribution is -2.13. The lowest BCUT2D eigenvalue weighted by molar-refractivity contribution is 0.301. The molecule has 1 atom stereocenters. The minimum Gasteiger partial charge on any atom is -0.497 e. The van der Waals surface area contributed by atoms with Crippen molar-refractivity contribution < 1.29 is 17.7 Å². The molecule has 5 heteroatoms. The van der Waals surface area contributed by atoms with Gasteiger partial charge in [-0.1, -0.05) is 6.92 Å². The second kappa shape index (κ2) is 3.51. The van der Waals surface area contributed by atoms with Crippen LogP contribution in [0.3, 0.4) is 0 Å². The summed E-state index contributed by atoms with van der Waals surface area (Å²) in [5.74, 6) is 0.291. The van der Waals surface area contributed by atoms with Crippen LogP contribution >= 0.6 is 0 Å². The third-order valence-corrected chi connectivity index (χ3v) is 3.09. The normalized spacial score (nSPS) is 23.5. The molecule has 1 rings (SSSR count). The van der Waals surface area contributed by atoms with Gasteiger partial charge in [0.05, 0.1) is 12.0 Å². The van der Waals surface area contributed by atoms with Crippen LogP contribution in [0.15, 0.2) is 22.8 Å². The van der Waals surface area contributed by atoms with Crippen LogP contribution in [0.5, 0.6) is 0 Å². The molecule has 13 heavy (non-hydrogen) atoms. The van der Waals surface area contributed by atoms with E-state index in [1.54, 1.807) is 13.0 Å². The topological polar surface area (TPSA) is 63.6 Å². The highest BCUT2D eigenvalue weighted by Crippen LogP contribution is 2.27. The summed E-state index contributed by atoms with van der Waals surface area (Å²) in [5, 5.41) is 0. The van der Waals surface area contributed by atoms with Crippen LogP contribution in [-0.2, 0) is 14.9 Å². The molecule has 0 aromatic heterocycles. The molecule has 1 unspecified atom stereocenters. The Morgan fingerprint density at radius 1 is 1.62 bits per heavy atom. The molecular weight excluding hydrogens is 192 g/mol. The zero-order valence-electron chi connectivity index (χ0n) is 7.52. The molecule has 4 nitrogen and oxygen atoms in total. The highest BCUT2D eigenvalue weighted by Gasteiger charge is 2.23. The van der Waals surface area contributed by atoms with E-state index in [0.29, 0.717) is 12.2 Å². The van der Waals surface area contributed by atoms with Gasteiger partial charge in [-0.3, -0.25) is 4.55 Å². The number of rotatable bonds is 2. The average molecular weight is 204 g/mol. The number of hydrogen-bond acceptors (Lipinski definition) is 3. The number of hydrogen-bond donors (Lipinski definition) is 1. The lowest BCUT2D eigenvalue weighted by atomic mass is 10.0. The van der Waals surface area contributed by atoms with E-state index in [4.69, 9.17) is 9.29 Å². The quantitative estimate of drug-likeness (QED) is 0.689. The van der Waals surface area contributed by atoms with Gasteiger partial charge in [-0.15, -0.1) is 0 Å². The number of ether oxygens (including phenoxy) is 1. The molecular formula is C8H12O4S. The Hall–Kier alpha value is -0.810. The zero-order chi connectivity index (χ0) is 10.1. The average Bonchev–Trinajstić information content (AvgIpc) is 2.03. The smallest absolute Gasteiger partial charge is 0.291 e. The Balaban J connectivity index is 3.07. The third kappa shape index (κ3) is 2.32. The van der Waals surface area contributed by atoms with Crippen molar-refractivity contribution in [2.24, 2.45) is 5.92 Å². The summed E-state index contributed by atoms with van der Waals surface area (Å²) in [7, 11) is -2.62. The Labute approximate surface area is 77.7 Å². The van der Waals surface area contributed by atoms with Gasteiger partial charge in [0.25, 0.3) is 10.1 Å². The van der Waals surface area contributed by atoms with Gasteiger partial charge in [0.15, 0.2) is 0 Å². The van der Waals surface area contributed by atoms with Crippen molar-refractivity contribution in [1.82, 2.24) is 0 Å². The summed E-state index contributed by atoms with van der Waals surface area (Å²) in [6, 6.07) is 0. The summed E-state index contributed by atoms with van der Waals surface area (Å²) >= 11 is 0. The van der Waals surface area contributed by atoms with E-state index in [-0.39, 0.29) is 10.8 Å². The van der Waals surface area contributed by atoms with Crippen LogP contribution in [0, 0.1) is 5.92 Å². The molecule has 0 heterocycles. The molecule has 0 aliphatic heterocycles. The van der Waals surface area contributed by atoms with Crippen LogP contribution in [0.2, 0.25) is 0 Å². The maximum absolute atomic E-state index is 10.9. The molecule has 0 aromatic rings. The molecule has 0 fully saturated rings.